The first kappa shape index (κ1) is 16.6. The Morgan fingerprint density at radius 1 is 1.25 bits per heavy atom. The smallest absolute Gasteiger partial charge is 0.227 e. The molecule has 24 heavy (non-hydrogen) atoms. The number of fused-ring (bicyclic) bond motifs is 1. The van der Waals surface area contributed by atoms with Crippen molar-refractivity contribution in [3.63, 3.8) is 0 Å². The number of aromatic nitrogens is 2. The SMILES string of the molecule is COc1cc2nc(N3CCCC(C(C)O)C3)nc(N)c2cc1OC. The Balaban J connectivity index is 2.00. The van der Waals surface area contributed by atoms with Crippen molar-refractivity contribution in [1.82, 2.24) is 9.97 Å². The highest BCUT2D eigenvalue weighted by Gasteiger charge is 2.25. The summed E-state index contributed by atoms with van der Waals surface area (Å²) in [4.78, 5) is 11.2. The normalized spacial score (nSPS) is 19.3. The Hall–Kier alpha value is -2.28. The highest BCUT2D eigenvalue weighted by atomic mass is 16.5. The Kier molecular flexibility index (Phi) is 4.62. The fraction of sp³-hybridized carbons (Fsp3) is 0.529. The Morgan fingerprint density at radius 2 is 1.96 bits per heavy atom. The maximum atomic E-state index is 9.87. The van der Waals surface area contributed by atoms with Crippen LogP contribution in [0.1, 0.15) is 19.8 Å². The molecule has 0 bridgehead atoms. The van der Waals surface area contributed by atoms with Gasteiger partial charge in [0.1, 0.15) is 5.82 Å². The van der Waals surface area contributed by atoms with E-state index >= 15 is 0 Å². The quantitative estimate of drug-likeness (QED) is 0.882. The zero-order chi connectivity index (χ0) is 17.3. The van der Waals surface area contributed by atoms with Crippen LogP contribution in [0.5, 0.6) is 11.5 Å². The summed E-state index contributed by atoms with van der Waals surface area (Å²) in [5.41, 5.74) is 6.87. The van der Waals surface area contributed by atoms with Gasteiger partial charge in [-0.15, -0.1) is 0 Å². The molecular formula is C17H24N4O3. The topological polar surface area (TPSA) is 93.7 Å². The van der Waals surface area contributed by atoms with Crippen molar-refractivity contribution in [2.45, 2.75) is 25.9 Å². The third kappa shape index (κ3) is 3.03. The second kappa shape index (κ2) is 6.68. The summed E-state index contributed by atoms with van der Waals surface area (Å²) < 4.78 is 10.7. The molecule has 7 nitrogen and oxygen atoms in total. The van der Waals surface area contributed by atoms with Gasteiger partial charge in [0, 0.05) is 30.5 Å². The first-order chi connectivity index (χ1) is 11.5. The van der Waals surface area contributed by atoms with Crippen LogP contribution >= 0.6 is 0 Å². The summed E-state index contributed by atoms with van der Waals surface area (Å²) in [6.07, 6.45) is 1.68. The molecule has 7 heteroatoms. The summed E-state index contributed by atoms with van der Waals surface area (Å²) in [5.74, 6) is 2.44. The summed E-state index contributed by atoms with van der Waals surface area (Å²) in [5, 5.41) is 10.6. The van der Waals surface area contributed by atoms with E-state index in [9.17, 15) is 5.11 Å². The van der Waals surface area contributed by atoms with E-state index in [4.69, 9.17) is 15.2 Å². The summed E-state index contributed by atoms with van der Waals surface area (Å²) in [6, 6.07) is 3.61. The number of nitrogens with zero attached hydrogens (tertiary/aromatic N) is 3. The van der Waals surface area contributed by atoms with Crippen molar-refractivity contribution in [3.8, 4) is 11.5 Å². The highest BCUT2D eigenvalue weighted by Crippen LogP contribution is 2.34. The molecule has 2 unspecified atom stereocenters. The number of benzene rings is 1. The summed E-state index contributed by atoms with van der Waals surface area (Å²) in [6.45, 7) is 3.43. The molecule has 2 aromatic rings. The van der Waals surface area contributed by atoms with Crippen LogP contribution in [-0.2, 0) is 0 Å². The second-order valence-corrected chi connectivity index (χ2v) is 6.22. The Morgan fingerprint density at radius 3 is 2.62 bits per heavy atom. The second-order valence-electron chi connectivity index (χ2n) is 6.22. The van der Waals surface area contributed by atoms with Crippen molar-refractivity contribution >= 4 is 22.7 Å². The zero-order valence-electron chi connectivity index (χ0n) is 14.3. The molecule has 1 fully saturated rings. The van der Waals surface area contributed by atoms with E-state index in [0.29, 0.717) is 28.8 Å². The predicted octanol–water partition coefficient (Wildman–Crippen LogP) is 1.83. The molecule has 0 spiro atoms. The van der Waals surface area contributed by atoms with Gasteiger partial charge in [0.25, 0.3) is 0 Å². The molecule has 0 aliphatic carbocycles. The Labute approximate surface area is 141 Å². The minimum atomic E-state index is -0.338. The van der Waals surface area contributed by atoms with Gasteiger partial charge >= 0.3 is 0 Å². The number of anilines is 2. The summed E-state index contributed by atoms with van der Waals surface area (Å²) in [7, 11) is 3.17. The van der Waals surface area contributed by atoms with Crippen molar-refractivity contribution < 1.29 is 14.6 Å². The van der Waals surface area contributed by atoms with Gasteiger partial charge in [0.05, 0.1) is 25.8 Å². The van der Waals surface area contributed by atoms with Gasteiger partial charge in [0.2, 0.25) is 5.95 Å². The van der Waals surface area contributed by atoms with Gasteiger partial charge in [-0.25, -0.2) is 4.98 Å². The first-order valence-corrected chi connectivity index (χ1v) is 8.15. The number of rotatable bonds is 4. The van der Waals surface area contributed by atoms with Crippen LogP contribution in [0.25, 0.3) is 10.9 Å². The molecule has 3 N–H and O–H groups in total. The van der Waals surface area contributed by atoms with Gasteiger partial charge in [-0.3, -0.25) is 0 Å². The van der Waals surface area contributed by atoms with E-state index < -0.39 is 0 Å². The molecule has 2 heterocycles. The highest BCUT2D eigenvalue weighted by molar-refractivity contribution is 5.91. The van der Waals surface area contributed by atoms with Crippen LogP contribution < -0.4 is 20.1 Å². The molecule has 0 radical (unpaired) electrons. The molecule has 3 rings (SSSR count). The van der Waals surface area contributed by atoms with Crippen molar-refractivity contribution in [2.24, 2.45) is 5.92 Å². The fourth-order valence-electron chi connectivity index (χ4n) is 3.19. The number of hydrogen-bond acceptors (Lipinski definition) is 7. The van der Waals surface area contributed by atoms with Crippen LogP contribution in [0.4, 0.5) is 11.8 Å². The van der Waals surface area contributed by atoms with Gasteiger partial charge in [0.15, 0.2) is 11.5 Å². The van der Waals surface area contributed by atoms with E-state index in [2.05, 4.69) is 14.9 Å². The lowest BCUT2D eigenvalue weighted by Crippen LogP contribution is -2.40. The predicted molar refractivity (Wildman–Crippen MR) is 93.7 cm³/mol. The first-order valence-electron chi connectivity index (χ1n) is 8.15. The van der Waals surface area contributed by atoms with E-state index in [1.165, 1.54) is 0 Å². The van der Waals surface area contributed by atoms with Crippen LogP contribution in [0.3, 0.4) is 0 Å². The zero-order valence-corrected chi connectivity index (χ0v) is 14.3. The molecule has 1 aliphatic rings. The average molecular weight is 332 g/mol. The van der Waals surface area contributed by atoms with Gasteiger partial charge in [-0.05, 0) is 25.8 Å². The third-order valence-corrected chi connectivity index (χ3v) is 4.64. The number of aliphatic hydroxyl groups is 1. The van der Waals surface area contributed by atoms with Gasteiger partial charge in [-0.1, -0.05) is 0 Å². The molecule has 1 aromatic carbocycles. The van der Waals surface area contributed by atoms with E-state index in [1.54, 1.807) is 20.3 Å². The molecular weight excluding hydrogens is 308 g/mol. The van der Waals surface area contributed by atoms with Gasteiger partial charge < -0.3 is 25.2 Å². The van der Waals surface area contributed by atoms with Crippen LogP contribution in [0, 0.1) is 5.92 Å². The monoisotopic (exact) mass is 332 g/mol. The molecule has 1 saturated heterocycles. The molecule has 0 amide bonds. The lowest BCUT2D eigenvalue weighted by molar-refractivity contribution is 0.115. The third-order valence-electron chi connectivity index (χ3n) is 4.64. The van der Waals surface area contributed by atoms with E-state index in [-0.39, 0.29) is 12.0 Å². The largest absolute Gasteiger partial charge is 0.493 e. The maximum absolute atomic E-state index is 9.87. The number of ether oxygens (including phenoxy) is 2. The number of methoxy groups -OCH3 is 2. The Bertz CT molecular complexity index is 735. The average Bonchev–Trinajstić information content (AvgIpc) is 2.60. The maximum Gasteiger partial charge on any atom is 0.227 e. The van der Waals surface area contributed by atoms with Crippen molar-refractivity contribution in [2.75, 3.05) is 37.9 Å². The number of aliphatic hydroxyl groups excluding tert-OH is 1. The number of piperidine rings is 1. The molecule has 1 aliphatic heterocycles. The molecule has 130 valence electrons. The number of hydrogen-bond donors (Lipinski definition) is 2. The van der Waals surface area contributed by atoms with Gasteiger partial charge in [-0.2, -0.15) is 4.98 Å². The van der Waals surface area contributed by atoms with E-state index in [1.807, 2.05) is 13.0 Å². The molecule has 2 atom stereocenters. The lowest BCUT2D eigenvalue weighted by Gasteiger charge is -2.34. The van der Waals surface area contributed by atoms with E-state index in [0.717, 1.165) is 31.3 Å². The van der Waals surface area contributed by atoms with Crippen molar-refractivity contribution in [3.05, 3.63) is 12.1 Å². The van der Waals surface area contributed by atoms with Crippen LogP contribution in [-0.4, -0.2) is 48.5 Å². The van der Waals surface area contributed by atoms with Crippen LogP contribution in [0.2, 0.25) is 0 Å². The molecule has 0 saturated carbocycles. The van der Waals surface area contributed by atoms with Crippen LogP contribution in [0.15, 0.2) is 12.1 Å². The van der Waals surface area contributed by atoms with Crippen molar-refractivity contribution in [1.29, 1.82) is 0 Å². The lowest BCUT2D eigenvalue weighted by atomic mass is 9.94. The standard InChI is InChI=1S/C17H24N4O3/c1-10(22)11-5-4-6-21(9-11)17-19-13-8-15(24-3)14(23-2)7-12(13)16(18)20-17/h7-8,10-11,22H,4-6,9H2,1-3H3,(H2,18,19,20). The number of nitrogen functional groups attached to an aromatic ring is 1. The minimum Gasteiger partial charge on any atom is -0.493 e. The fourth-order valence-corrected chi connectivity index (χ4v) is 3.19. The minimum absolute atomic E-state index is 0.227. The summed E-state index contributed by atoms with van der Waals surface area (Å²) >= 11 is 0. The number of nitrogens with two attached hydrogens (primary N) is 1. The molecule has 1 aromatic heterocycles.